The van der Waals surface area contributed by atoms with Crippen LogP contribution in [0.15, 0.2) is 24.3 Å². The van der Waals surface area contributed by atoms with Crippen LogP contribution in [0.25, 0.3) is 0 Å². The van der Waals surface area contributed by atoms with E-state index in [1.165, 1.54) is 31.3 Å². The molecule has 6 heteroatoms. The second kappa shape index (κ2) is 5.46. The van der Waals surface area contributed by atoms with Crippen molar-refractivity contribution in [2.24, 2.45) is 0 Å². The smallest absolute Gasteiger partial charge is 0.246 e. The van der Waals surface area contributed by atoms with Gasteiger partial charge in [-0.25, -0.2) is 4.39 Å². The van der Waals surface area contributed by atoms with Gasteiger partial charge in [-0.05, 0) is 17.7 Å². The Morgan fingerprint density at radius 1 is 1.42 bits per heavy atom. The van der Waals surface area contributed by atoms with E-state index in [1.807, 2.05) is 0 Å². The number of nitrogens with zero attached hydrogens (tertiary/aromatic N) is 1. The number of rotatable bonds is 4. The van der Waals surface area contributed by atoms with Gasteiger partial charge in [0, 0.05) is 13.6 Å². The minimum Gasteiger partial charge on any atom is -0.387 e. The molecule has 1 fully saturated rings. The fraction of sp³-hybridized carbons (Fsp3) is 0.385. The number of benzene rings is 1. The molecule has 0 radical (unpaired) electrons. The van der Waals surface area contributed by atoms with Crippen molar-refractivity contribution in [3.63, 3.8) is 0 Å². The van der Waals surface area contributed by atoms with Crippen molar-refractivity contribution in [1.82, 2.24) is 10.2 Å². The second-order valence-corrected chi connectivity index (χ2v) is 4.52. The van der Waals surface area contributed by atoms with Crippen molar-refractivity contribution in [1.29, 1.82) is 0 Å². The quantitative estimate of drug-likeness (QED) is 0.764. The fourth-order valence-electron chi connectivity index (χ4n) is 1.97. The van der Waals surface area contributed by atoms with Gasteiger partial charge in [-0.15, -0.1) is 0 Å². The number of carbonyl (C=O) groups is 2. The molecule has 5 nitrogen and oxygen atoms in total. The largest absolute Gasteiger partial charge is 0.387 e. The summed E-state index contributed by atoms with van der Waals surface area (Å²) in [7, 11) is 1.43. The Morgan fingerprint density at radius 2 is 2.05 bits per heavy atom. The number of nitrogens with one attached hydrogen (secondary N) is 1. The van der Waals surface area contributed by atoms with E-state index in [1.54, 1.807) is 0 Å². The number of carbonyl (C=O) groups excluding carboxylic acids is 2. The lowest BCUT2D eigenvalue weighted by Crippen LogP contribution is -2.39. The molecule has 2 rings (SSSR count). The predicted octanol–water partition coefficient (Wildman–Crippen LogP) is 0.206. The lowest BCUT2D eigenvalue weighted by atomic mass is 10.1. The molecule has 2 amide bonds. The van der Waals surface area contributed by atoms with Gasteiger partial charge in [-0.1, -0.05) is 12.1 Å². The molecule has 19 heavy (non-hydrogen) atoms. The van der Waals surface area contributed by atoms with Gasteiger partial charge >= 0.3 is 0 Å². The highest BCUT2D eigenvalue weighted by Crippen LogP contribution is 2.15. The summed E-state index contributed by atoms with van der Waals surface area (Å²) in [6.07, 6.45) is -0.750. The molecule has 0 aliphatic carbocycles. The highest BCUT2D eigenvalue weighted by molar-refractivity contribution is 6.05. The lowest BCUT2D eigenvalue weighted by molar-refractivity contribution is -0.137. The van der Waals surface area contributed by atoms with Gasteiger partial charge in [-0.2, -0.15) is 0 Å². The predicted molar refractivity (Wildman–Crippen MR) is 65.5 cm³/mol. The van der Waals surface area contributed by atoms with Crippen LogP contribution < -0.4 is 5.32 Å². The van der Waals surface area contributed by atoms with E-state index in [-0.39, 0.29) is 30.6 Å². The first-order valence-electron chi connectivity index (χ1n) is 5.96. The van der Waals surface area contributed by atoms with Gasteiger partial charge in [0.05, 0.1) is 18.6 Å². The van der Waals surface area contributed by atoms with Crippen LogP contribution in [-0.4, -0.2) is 41.5 Å². The molecule has 1 aromatic rings. The van der Waals surface area contributed by atoms with Crippen LogP contribution in [0.2, 0.25) is 0 Å². The second-order valence-electron chi connectivity index (χ2n) is 4.52. The molecule has 0 saturated carbocycles. The Bertz CT molecular complexity index is 489. The lowest BCUT2D eigenvalue weighted by Gasteiger charge is -2.15. The van der Waals surface area contributed by atoms with Gasteiger partial charge in [0.15, 0.2) is 0 Å². The van der Waals surface area contributed by atoms with E-state index in [0.29, 0.717) is 5.56 Å². The minimum absolute atomic E-state index is 0.103. The number of likely N-dealkylation sites (tertiary alicyclic amines) is 1. The van der Waals surface area contributed by atoms with Crippen LogP contribution in [-0.2, 0) is 9.59 Å². The van der Waals surface area contributed by atoms with E-state index in [0.717, 1.165) is 4.90 Å². The number of aliphatic hydroxyl groups excluding tert-OH is 1. The molecule has 0 aromatic heterocycles. The number of hydrogen-bond donors (Lipinski definition) is 2. The van der Waals surface area contributed by atoms with Gasteiger partial charge in [0.1, 0.15) is 5.82 Å². The van der Waals surface area contributed by atoms with Crippen molar-refractivity contribution < 1.29 is 19.1 Å². The minimum atomic E-state index is -0.852. The summed E-state index contributed by atoms with van der Waals surface area (Å²) in [6.45, 7) is 0.128. The molecule has 1 aromatic carbocycles. The zero-order chi connectivity index (χ0) is 14.0. The number of aliphatic hydroxyl groups is 1. The van der Waals surface area contributed by atoms with Crippen molar-refractivity contribution in [3.8, 4) is 0 Å². The van der Waals surface area contributed by atoms with Crippen molar-refractivity contribution >= 4 is 11.8 Å². The highest BCUT2D eigenvalue weighted by atomic mass is 19.1. The molecule has 1 aliphatic heterocycles. The maximum absolute atomic E-state index is 12.7. The summed E-state index contributed by atoms with van der Waals surface area (Å²) in [5.74, 6) is -0.905. The summed E-state index contributed by atoms with van der Waals surface area (Å²) in [5.41, 5.74) is 0.555. The molecule has 2 atom stereocenters. The topological polar surface area (TPSA) is 69.6 Å². The summed E-state index contributed by atoms with van der Waals surface area (Å²) < 4.78 is 12.7. The normalized spacial score (nSPS) is 21.0. The van der Waals surface area contributed by atoms with Crippen molar-refractivity contribution in [2.45, 2.75) is 18.6 Å². The maximum atomic E-state index is 12.7. The van der Waals surface area contributed by atoms with Crippen LogP contribution >= 0.6 is 0 Å². The highest BCUT2D eigenvalue weighted by Gasteiger charge is 2.35. The van der Waals surface area contributed by atoms with E-state index in [2.05, 4.69) is 5.32 Å². The first kappa shape index (κ1) is 13.6. The molecule has 0 bridgehead atoms. The van der Waals surface area contributed by atoms with Gasteiger partial charge in [-0.3, -0.25) is 14.5 Å². The van der Waals surface area contributed by atoms with E-state index >= 15 is 0 Å². The Labute approximate surface area is 110 Å². The Balaban J connectivity index is 1.90. The summed E-state index contributed by atoms with van der Waals surface area (Å²) >= 11 is 0. The standard InChI is InChI=1S/C13H15FN2O3/c1-16-12(18)6-10(13(16)19)15-7-11(17)8-2-4-9(14)5-3-8/h2-5,10-11,15,17H,6-7H2,1H3. The van der Waals surface area contributed by atoms with Crippen LogP contribution in [0.4, 0.5) is 4.39 Å². The Kier molecular flexibility index (Phi) is 3.92. The van der Waals surface area contributed by atoms with Crippen LogP contribution in [0.3, 0.4) is 0 Å². The third-order valence-electron chi connectivity index (χ3n) is 3.19. The molecule has 0 spiro atoms. The summed E-state index contributed by atoms with van der Waals surface area (Å²) in [4.78, 5) is 24.0. The third-order valence-corrected chi connectivity index (χ3v) is 3.19. The third kappa shape index (κ3) is 2.97. The van der Waals surface area contributed by atoms with E-state index < -0.39 is 12.1 Å². The van der Waals surface area contributed by atoms with Gasteiger partial charge < -0.3 is 10.4 Å². The van der Waals surface area contributed by atoms with Gasteiger partial charge in [0.2, 0.25) is 11.8 Å². The first-order chi connectivity index (χ1) is 8.99. The number of imide groups is 1. The molecule has 1 heterocycles. The van der Waals surface area contributed by atoms with E-state index in [9.17, 15) is 19.1 Å². The average molecular weight is 266 g/mol. The summed E-state index contributed by atoms with van der Waals surface area (Å²) in [5, 5.41) is 12.7. The van der Waals surface area contributed by atoms with Crippen molar-refractivity contribution in [3.05, 3.63) is 35.6 Å². The molecule has 2 unspecified atom stereocenters. The first-order valence-corrected chi connectivity index (χ1v) is 5.96. The maximum Gasteiger partial charge on any atom is 0.246 e. The fourth-order valence-corrected chi connectivity index (χ4v) is 1.97. The SMILES string of the molecule is CN1C(=O)CC(NCC(O)c2ccc(F)cc2)C1=O. The average Bonchev–Trinajstić information content (AvgIpc) is 2.64. The van der Waals surface area contributed by atoms with E-state index in [4.69, 9.17) is 0 Å². The molecular formula is C13H15FN2O3. The van der Waals surface area contributed by atoms with Crippen LogP contribution in [0, 0.1) is 5.82 Å². The summed E-state index contributed by atoms with van der Waals surface area (Å²) in [6, 6.07) is 4.89. The van der Waals surface area contributed by atoms with Gasteiger partial charge in [0.25, 0.3) is 0 Å². The molecule has 1 saturated heterocycles. The zero-order valence-electron chi connectivity index (χ0n) is 10.5. The number of hydrogen-bond acceptors (Lipinski definition) is 4. The molecule has 102 valence electrons. The van der Waals surface area contributed by atoms with Crippen LogP contribution in [0.5, 0.6) is 0 Å². The zero-order valence-corrected chi connectivity index (χ0v) is 10.5. The molecular weight excluding hydrogens is 251 g/mol. The van der Waals surface area contributed by atoms with Crippen molar-refractivity contribution in [2.75, 3.05) is 13.6 Å². The Hall–Kier alpha value is -1.79. The molecule has 1 aliphatic rings. The monoisotopic (exact) mass is 266 g/mol. The Morgan fingerprint density at radius 3 is 2.58 bits per heavy atom. The number of amides is 2. The molecule has 2 N–H and O–H groups in total. The number of likely N-dealkylation sites (N-methyl/N-ethyl adjacent to an activating group) is 1. The van der Waals surface area contributed by atoms with Crippen LogP contribution in [0.1, 0.15) is 18.1 Å². The number of halogens is 1.